The summed E-state index contributed by atoms with van der Waals surface area (Å²) in [4.78, 5) is 19.9. The number of imidazole rings is 1. The number of aromatic amines is 1. The van der Waals surface area contributed by atoms with E-state index in [4.69, 9.17) is 0 Å². The van der Waals surface area contributed by atoms with Gasteiger partial charge < -0.3 is 10.3 Å². The Morgan fingerprint density at radius 1 is 1.08 bits per heavy atom. The van der Waals surface area contributed by atoms with Crippen LogP contribution in [0.1, 0.15) is 27.0 Å². The van der Waals surface area contributed by atoms with Gasteiger partial charge >= 0.3 is 0 Å². The summed E-state index contributed by atoms with van der Waals surface area (Å²) in [5, 5.41) is 3.82. The van der Waals surface area contributed by atoms with Gasteiger partial charge in [0.2, 0.25) is 0 Å². The first kappa shape index (κ1) is 18.3. The van der Waals surface area contributed by atoms with Crippen molar-refractivity contribution in [2.24, 2.45) is 0 Å². The van der Waals surface area contributed by atoms with Gasteiger partial charge in [-0.05, 0) is 49.6 Å². The van der Waals surface area contributed by atoms with Crippen molar-refractivity contribution >= 4 is 17.7 Å². The quantitative estimate of drug-likeness (QED) is 0.499. The molecule has 0 aliphatic heterocycles. The molecular weight excluding hydrogens is 342 g/mol. The monoisotopic (exact) mass is 365 g/mol. The number of hydrogen-bond donors (Lipinski definition) is 2. The van der Waals surface area contributed by atoms with Gasteiger partial charge in [-0.1, -0.05) is 47.7 Å². The summed E-state index contributed by atoms with van der Waals surface area (Å²) in [6.45, 7) is 6.73. The summed E-state index contributed by atoms with van der Waals surface area (Å²) in [5.41, 5.74) is 6.40. The smallest absolute Gasteiger partial charge is 0.251 e. The van der Waals surface area contributed by atoms with Crippen molar-refractivity contribution in [2.45, 2.75) is 25.9 Å². The van der Waals surface area contributed by atoms with Crippen LogP contribution in [0.15, 0.2) is 53.8 Å². The normalized spacial score (nSPS) is 10.7. The molecule has 0 spiro atoms. The number of aryl methyl sites for hydroxylation is 3. The minimum atomic E-state index is -0.0338. The van der Waals surface area contributed by atoms with Gasteiger partial charge in [0.15, 0.2) is 5.16 Å². The fourth-order valence-electron chi connectivity index (χ4n) is 2.55. The summed E-state index contributed by atoms with van der Waals surface area (Å²) >= 11 is 1.60. The highest BCUT2D eigenvalue weighted by molar-refractivity contribution is 7.99. The fraction of sp³-hybridized carbons (Fsp3) is 0.238. The lowest BCUT2D eigenvalue weighted by atomic mass is 10.1. The third-order valence-electron chi connectivity index (χ3n) is 4.31. The second-order valence-electron chi connectivity index (χ2n) is 6.37. The largest absolute Gasteiger partial charge is 0.351 e. The Bertz CT molecular complexity index is 900. The molecule has 26 heavy (non-hydrogen) atoms. The first-order valence-electron chi connectivity index (χ1n) is 8.63. The average Bonchev–Trinajstić information content (AvgIpc) is 3.10. The lowest BCUT2D eigenvalue weighted by Gasteiger charge is -2.06. The number of rotatable bonds is 6. The summed E-state index contributed by atoms with van der Waals surface area (Å²) in [7, 11) is 0. The van der Waals surface area contributed by atoms with Crippen LogP contribution in [0.25, 0.3) is 11.3 Å². The number of nitrogens with zero attached hydrogens (tertiary/aromatic N) is 1. The Balaban J connectivity index is 1.48. The molecule has 0 unspecified atom stereocenters. The standard InChI is InChI=1S/C21H23N3OS/c1-14-4-7-17(8-5-14)19-13-23-21(24-19)26-11-10-22-20(25)18-9-6-15(2)16(3)12-18/h4-9,12-13H,10-11H2,1-3H3,(H,22,25)(H,23,24). The van der Waals surface area contributed by atoms with Crippen molar-refractivity contribution in [1.29, 1.82) is 0 Å². The minimum absolute atomic E-state index is 0.0338. The summed E-state index contributed by atoms with van der Waals surface area (Å²) < 4.78 is 0. The molecule has 4 nitrogen and oxygen atoms in total. The van der Waals surface area contributed by atoms with E-state index in [1.54, 1.807) is 11.8 Å². The molecule has 0 aliphatic carbocycles. The molecule has 0 bridgehead atoms. The first-order valence-corrected chi connectivity index (χ1v) is 9.62. The van der Waals surface area contributed by atoms with Gasteiger partial charge in [0.1, 0.15) is 0 Å². The third kappa shape index (κ3) is 4.55. The number of H-pyrrole nitrogens is 1. The zero-order valence-corrected chi connectivity index (χ0v) is 16.1. The molecule has 2 N–H and O–H groups in total. The van der Waals surface area contributed by atoms with Gasteiger partial charge in [-0.3, -0.25) is 4.79 Å². The van der Waals surface area contributed by atoms with Crippen molar-refractivity contribution in [3.05, 3.63) is 70.9 Å². The second kappa shape index (κ2) is 8.23. The number of hydrogen-bond acceptors (Lipinski definition) is 3. The molecule has 0 saturated carbocycles. The van der Waals surface area contributed by atoms with Crippen molar-refractivity contribution < 1.29 is 4.79 Å². The number of benzene rings is 2. The highest BCUT2D eigenvalue weighted by atomic mass is 32.2. The van der Waals surface area contributed by atoms with Crippen LogP contribution in [-0.4, -0.2) is 28.2 Å². The molecule has 0 fully saturated rings. The second-order valence-corrected chi connectivity index (χ2v) is 7.46. The Hall–Kier alpha value is -2.53. The number of carbonyl (C=O) groups excluding carboxylic acids is 1. The van der Waals surface area contributed by atoms with E-state index in [0.29, 0.717) is 12.1 Å². The topological polar surface area (TPSA) is 57.8 Å². The average molecular weight is 366 g/mol. The Labute approximate surface area is 158 Å². The highest BCUT2D eigenvalue weighted by Crippen LogP contribution is 2.21. The Morgan fingerprint density at radius 3 is 2.58 bits per heavy atom. The van der Waals surface area contributed by atoms with E-state index < -0.39 is 0 Å². The van der Waals surface area contributed by atoms with Crippen LogP contribution < -0.4 is 5.32 Å². The molecule has 0 atom stereocenters. The Kier molecular flexibility index (Phi) is 5.78. The van der Waals surface area contributed by atoms with Gasteiger partial charge in [0.25, 0.3) is 5.91 Å². The van der Waals surface area contributed by atoms with Crippen LogP contribution in [-0.2, 0) is 0 Å². The third-order valence-corrected chi connectivity index (χ3v) is 5.20. The molecule has 2 aromatic carbocycles. The molecular formula is C21H23N3OS. The molecule has 1 amide bonds. The maximum Gasteiger partial charge on any atom is 0.251 e. The lowest BCUT2D eigenvalue weighted by Crippen LogP contribution is -2.25. The number of amides is 1. The zero-order chi connectivity index (χ0) is 18.5. The Morgan fingerprint density at radius 2 is 1.85 bits per heavy atom. The van der Waals surface area contributed by atoms with Gasteiger partial charge in [0.05, 0.1) is 11.9 Å². The number of thioether (sulfide) groups is 1. The molecule has 0 aliphatic rings. The first-order chi connectivity index (χ1) is 12.5. The van der Waals surface area contributed by atoms with Crippen LogP contribution in [0.2, 0.25) is 0 Å². The predicted molar refractivity (Wildman–Crippen MR) is 108 cm³/mol. The summed E-state index contributed by atoms with van der Waals surface area (Å²) in [6, 6.07) is 14.1. The minimum Gasteiger partial charge on any atom is -0.351 e. The summed E-state index contributed by atoms with van der Waals surface area (Å²) in [5.74, 6) is 0.728. The molecule has 3 rings (SSSR count). The maximum atomic E-state index is 12.2. The zero-order valence-electron chi connectivity index (χ0n) is 15.3. The van der Waals surface area contributed by atoms with Crippen LogP contribution >= 0.6 is 11.8 Å². The van der Waals surface area contributed by atoms with E-state index in [1.807, 2.05) is 38.2 Å². The molecule has 3 aromatic rings. The van der Waals surface area contributed by atoms with E-state index in [1.165, 1.54) is 11.1 Å². The van der Waals surface area contributed by atoms with Crippen LogP contribution in [0.3, 0.4) is 0 Å². The summed E-state index contributed by atoms with van der Waals surface area (Å²) in [6.07, 6.45) is 1.85. The van der Waals surface area contributed by atoms with Crippen LogP contribution in [0.5, 0.6) is 0 Å². The number of nitrogens with one attached hydrogen (secondary N) is 2. The maximum absolute atomic E-state index is 12.2. The van der Waals surface area contributed by atoms with Crippen molar-refractivity contribution in [2.75, 3.05) is 12.3 Å². The van der Waals surface area contributed by atoms with Gasteiger partial charge in [-0.25, -0.2) is 4.98 Å². The number of aromatic nitrogens is 2. The van der Waals surface area contributed by atoms with E-state index in [9.17, 15) is 4.79 Å². The van der Waals surface area contributed by atoms with Crippen LogP contribution in [0, 0.1) is 20.8 Å². The van der Waals surface area contributed by atoms with Crippen LogP contribution in [0.4, 0.5) is 0 Å². The predicted octanol–water partition coefficient (Wildman–Crippen LogP) is 4.52. The van der Waals surface area contributed by atoms with Crippen molar-refractivity contribution in [1.82, 2.24) is 15.3 Å². The fourth-order valence-corrected chi connectivity index (χ4v) is 3.26. The molecule has 0 saturated heterocycles. The lowest BCUT2D eigenvalue weighted by molar-refractivity contribution is 0.0956. The van der Waals surface area contributed by atoms with E-state index >= 15 is 0 Å². The SMILES string of the molecule is Cc1ccc(-c2cnc(SCCNC(=O)c3ccc(C)c(C)c3)[nH]2)cc1. The number of carbonyl (C=O) groups is 1. The molecule has 1 heterocycles. The molecule has 134 valence electrons. The van der Waals surface area contributed by atoms with Gasteiger partial charge in [-0.15, -0.1) is 0 Å². The van der Waals surface area contributed by atoms with E-state index in [2.05, 4.69) is 46.5 Å². The molecule has 0 radical (unpaired) electrons. The van der Waals surface area contributed by atoms with Crippen molar-refractivity contribution in [3.63, 3.8) is 0 Å². The van der Waals surface area contributed by atoms with Crippen molar-refractivity contribution in [3.8, 4) is 11.3 Å². The molecule has 1 aromatic heterocycles. The van der Waals surface area contributed by atoms with E-state index in [-0.39, 0.29) is 5.91 Å². The van der Waals surface area contributed by atoms with Gasteiger partial charge in [-0.2, -0.15) is 0 Å². The highest BCUT2D eigenvalue weighted by Gasteiger charge is 2.07. The van der Waals surface area contributed by atoms with Gasteiger partial charge in [0, 0.05) is 17.9 Å². The van der Waals surface area contributed by atoms with E-state index in [0.717, 1.165) is 27.7 Å². The molecule has 5 heteroatoms.